The van der Waals surface area contributed by atoms with E-state index >= 15 is 0 Å². The van der Waals surface area contributed by atoms with Crippen molar-refractivity contribution in [3.05, 3.63) is 38.7 Å². The second-order valence-corrected chi connectivity index (χ2v) is 5.29. The van der Waals surface area contributed by atoms with Crippen molar-refractivity contribution < 1.29 is 9.53 Å². The molecule has 1 heterocycles. The van der Waals surface area contributed by atoms with Gasteiger partial charge in [-0.15, -0.1) is 0 Å². The first-order chi connectivity index (χ1) is 11.0. The van der Waals surface area contributed by atoms with E-state index in [9.17, 15) is 14.4 Å². The van der Waals surface area contributed by atoms with Crippen LogP contribution in [0.4, 0.5) is 0 Å². The van der Waals surface area contributed by atoms with Crippen molar-refractivity contribution >= 4 is 12.0 Å². The lowest BCUT2D eigenvalue weighted by Crippen LogP contribution is -2.37. The molecule has 23 heavy (non-hydrogen) atoms. The number of carbonyl (C=O) groups is 1. The number of aryl methyl sites for hydroxylation is 1. The van der Waals surface area contributed by atoms with Crippen LogP contribution < -0.4 is 16.6 Å². The molecule has 0 saturated heterocycles. The number of ether oxygens (including phenoxy) is 1. The molecule has 1 aromatic rings. The fraction of sp³-hybridized carbons (Fsp3) is 0.562. The highest BCUT2D eigenvalue weighted by atomic mass is 16.5. The van der Waals surface area contributed by atoms with Gasteiger partial charge in [0.2, 0.25) is 5.91 Å². The molecule has 128 valence electrons. The van der Waals surface area contributed by atoms with Crippen molar-refractivity contribution in [2.24, 2.45) is 14.1 Å². The van der Waals surface area contributed by atoms with Crippen molar-refractivity contribution in [2.75, 3.05) is 19.8 Å². The zero-order chi connectivity index (χ0) is 17.2. The van der Waals surface area contributed by atoms with Gasteiger partial charge in [0.25, 0.3) is 5.56 Å². The summed E-state index contributed by atoms with van der Waals surface area (Å²) in [6, 6.07) is 0. The number of unbranched alkanes of at least 4 members (excludes halogenated alkanes) is 1. The Morgan fingerprint density at radius 3 is 2.65 bits per heavy atom. The van der Waals surface area contributed by atoms with Crippen molar-refractivity contribution in [3.8, 4) is 0 Å². The third kappa shape index (κ3) is 6.23. The fourth-order valence-electron chi connectivity index (χ4n) is 1.91. The van der Waals surface area contributed by atoms with Crippen LogP contribution in [-0.4, -0.2) is 34.8 Å². The predicted molar refractivity (Wildman–Crippen MR) is 89.3 cm³/mol. The average molecular weight is 323 g/mol. The Hall–Kier alpha value is -2.15. The minimum Gasteiger partial charge on any atom is -0.381 e. The highest BCUT2D eigenvalue weighted by molar-refractivity contribution is 5.91. The second-order valence-electron chi connectivity index (χ2n) is 5.29. The van der Waals surface area contributed by atoms with E-state index in [2.05, 4.69) is 12.2 Å². The maximum Gasteiger partial charge on any atom is 0.330 e. The Balaban J connectivity index is 2.45. The van der Waals surface area contributed by atoms with Crippen LogP contribution in [0.2, 0.25) is 0 Å². The number of nitrogens with one attached hydrogen (secondary N) is 1. The van der Waals surface area contributed by atoms with Crippen molar-refractivity contribution in [1.29, 1.82) is 0 Å². The minimum absolute atomic E-state index is 0.283. The summed E-state index contributed by atoms with van der Waals surface area (Å²) < 4.78 is 7.70. The summed E-state index contributed by atoms with van der Waals surface area (Å²) in [7, 11) is 2.96. The van der Waals surface area contributed by atoms with E-state index < -0.39 is 11.2 Å². The molecule has 0 unspecified atom stereocenters. The van der Waals surface area contributed by atoms with Crippen LogP contribution in [0.3, 0.4) is 0 Å². The summed E-state index contributed by atoms with van der Waals surface area (Å²) in [4.78, 5) is 35.1. The van der Waals surface area contributed by atoms with Gasteiger partial charge in [-0.25, -0.2) is 4.79 Å². The third-order valence-electron chi connectivity index (χ3n) is 3.29. The predicted octanol–water partition coefficient (Wildman–Crippen LogP) is 0.420. The average Bonchev–Trinajstić information content (AvgIpc) is 2.54. The summed E-state index contributed by atoms with van der Waals surface area (Å²) in [5.74, 6) is -0.283. The van der Waals surface area contributed by atoms with Crippen molar-refractivity contribution in [2.45, 2.75) is 26.2 Å². The molecule has 0 aliphatic heterocycles. The van der Waals surface area contributed by atoms with Crippen LogP contribution in [0.25, 0.3) is 6.08 Å². The monoisotopic (exact) mass is 323 g/mol. The molecule has 1 rings (SSSR count). The molecule has 0 spiro atoms. The quantitative estimate of drug-likeness (QED) is 0.527. The summed E-state index contributed by atoms with van der Waals surface area (Å²) in [6.07, 6.45) is 7.00. The largest absolute Gasteiger partial charge is 0.381 e. The van der Waals surface area contributed by atoms with Gasteiger partial charge in [0, 0.05) is 46.1 Å². The van der Waals surface area contributed by atoms with Crippen LogP contribution in [0.15, 0.2) is 21.9 Å². The highest BCUT2D eigenvalue weighted by Gasteiger charge is 2.04. The van der Waals surface area contributed by atoms with E-state index in [4.69, 9.17) is 4.74 Å². The Bertz CT molecular complexity index is 658. The third-order valence-corrected chi connectivity index (χ3v) is 3.29. The molecule has 0 aliphatic carbocycles. The van der Waals surface area contributed by atoms with Gasteiger partial charge in [-0.2, -0.15) is 0 Å². The normalized spacial score (nSPS) is 11.1. The molecule has 0 fully saturated rings. The molecule has 0 saturated carbocycles. The molecule has 0 aliphatic rings. The summed E-state index contributed by atoms with van der Waals surface area (Å²) >= 11 is 0. The van der Waals surface area contributed by atoms with E-state index in [0.29, 0.717) is 13.2 Å². The molecule has 0 bridgehead atoms. The summed E-state index contributed by atoms with van der Waals surface area (Å²) in [5, 5.41) is 2.72. The van der Waals surface area contributed by atoms with Gasteiger partial charge in [-0.3, -0.25) is 14.2 Å². The Morgan fingerprint density at radius 2 is 1.96 bits per heavy atom. The van der Waals surface area contributed by atoms with Crippen molar-refractivity contribution in [1.82, 2.24) is 14.5 Å². The van der Waals surface area contributed by atoms with E-state index in [0.717, 1.165) is 30.4 Å². The van der Waals surface area contributed by atoms with E-state index in [1.54, 1.807) is 7.05 Å². The first-order valence-corrected chi connectivity index (χ1v) is 7.77. The topological polar surface area (TPSA) is 82.3 Å². The zero-order valence-electron chi connectivity index (χ0n) is 14.0. The second kappa shape index (κ2) is 9.78. The molecule has 1 aromatic heterocycles. The van der Waals surface area contributed by atoms with Crippen LogP contribution >= 0.6 is 0 Å². The lowest BCUT2D eigenvalue weighted by atomic mass is 10.3. The van der Waals surface area contributed by atoms with Gasteiger partial charge >= 0.3 is 5.69 Å². The molecular weight excluding hydrogens is 298 g/mol. The molecule has 7 heteroatoms. The zero-order valence-corrected chi connectivity index (χ0v) is 14.0. The van der Waals surface area contributed by atoms with Crippen LogP contribution in [0.5, 0.6) is 0 Å². The van der Waals surface area contributed by atoms with Gasteiger partial charge < -0.3 is 14.6 Å². The first-order valence-electron chi connectivity index (χ1n) is 7.77. The molecule has 1 N–H and O–H groups in total. The number of nitrogens with zero attached hydrogens (tertiary/aromatic N) is 2. The van der Waals surface area contributed by atoms with Crippen molar-refractivity contribution in [3.63, 3.8) is 0 Å². The van der Waals surface area contributed by atoms with E-state index in [1.807, 2.05) is 0 Å². The fourth-order valence-corrected chi connectivity index (χ4v) is 1.91. The number of amides is 1. The summed E-state index contributed by atoms with van der Waals surface area (Å²) in [6.45, 7) is 3.99. The smallest absolute Gasteiger partial charge is 0.330 e. The molecule has 1 amide bonds. The molecule has 0 atom stereocenters. The highest BCUT2D eigenvalue weighted by Crippen LogP contribution is 1.93. The number of hydrogen-bond donors (Lipinski definition) is 1. The van der Waals surface area contributed by atoms with Gasteiger partial charge in [-0.1, -0.05) is 13.3 Å². The lowest BCUT2D eigenvalue weighted by Gasteiger charge is -2.04. The first kappa shape index (κ1) is 18.9. The van der Waals surface area contributed by atoms with E-state index in [-0.39, 0.29) is 11.5 Å². The van der Waals surface area contributed by atoms with Crippen LogP contribution in [0.1, 0.15) is 31.7 Å². The van der Waals surface area contributed by atoms with Gasteiger partial charge in [-0.05, 0) is 18.9 Å². The van der Waals surface area contributed by atoms with Gasteiger partial charge in [0.1, 0.15) is 0 Å². The number of hydrogen-bond acceptors (Lipinski definition) is 4. The maximum absolute atomic E-state index is 11.9. The Labute approximate surface area is 135 Å². The number of aromatic nitrogens is 2. The number of carbonyl (C=O) groups excluding carboxylic acids is 1. The Morgan fingerprint density at radius 1 is 1.26 bits per heavy atom. The molecule has 7 nitrogen and oxygen atoms in total. The Kier molecular flexibility index (Phi) is 8.04. The standard InChI is InChI=1S/C16H25N3O4/c1-4-5-10-23-11-6-9-17-14(20)8-7-13-12-18(2)16(22)19(3)15(13)21/h7-8,12H,4-6,9-11H2,1-3H3,(H,17,20)/b8-7+. The molecule has 0 radical (unpaired) electrons. The lowest BCUT2D eigenvalue weighted by molar-refractivity contribution is -0.116. The SMILES string of the molecule is CCCCOCCCNC(=O)/C=C/c1cn(C)c(=O)n(C)c1=O. The van der Waals surface area contributed by atoms with E-state index in [1.165, 1.54) is 30.0 Å². The van der Waals surface area contributed by atoms with Crippen LogP contribution in [0, 0.1) is 0 Å². The minimum atomic E-state index is -0.429. The molecular formula is C16H25N3O4. The van der Waals surface area contributed by atoms with Crippen LogP contribution in [-0.2, 0) is 23.6 Å². The number of rotatable bonds is 9. The van der Waals surface area contributed by atoms with Gasteiger partial charge in [0.15, 0.2) is 0 Å². The van der Waals surface area contributed by atoms with Gasteiger partial charge in [0.05, 0.1) is 5.56 Å². The summed E-state index contributed by atoms with van der Waals surface area (Å²) in [5.41, 5.74) is -0.547. The maximum atomic E-state index is 11.9. The molecule has 0 aromatic carbocycles.